The minimum Gasteiger partial charge on any atom is -0.393 e. The molecule has 0 spiro atoms. The van der Waals surface area contributed by atoms with Crippen LogP contribution in [0.3, 0.4) is 0 Å². The molecule has 0 radical (unpaired) electrons. The molecule has 1 aromatic heterocycles. The van der Waals surface area contributed by atoms with E-state index in [1.165, 1.54) is 0 Å². The Bertz CT molecular complexity index is 379. The zero-order valence-electron chi connectivity index (χ0n) is 11.6. The molecule has 1 saturated heterocycles. The van der Waals surface area contributed by atoms with Crippen LogP contribution in [0.2, 0.25) is 0 Å². The van der Waals surface area contributed by atoms with Crippen LogP contribution in [0.4, 0.5) is 0 Å². The Kier molecular flexibility index (Phi) is 4.37. The first-order valence-electron chi connectivity index (χ1n) is 6.60. The van der Waals surface area contributed by atoms with E-state index in [0.29, 0.717) is 12.5 Å². The molecule has 0 saturated carbocycles. The first-order valence-corrected chi connectivity index (χ1v) is 6.60. The molecule has 102 valence electrons. The van der Waals surface area contributed by atoms with E-state index in [4.69, 9.17) is 0 Å². The van der Waals surface area contributed by atoms with E-state index in [9.17, 15) is 5.11 Å². The number of likely N-dealkylation sites (N-methyl/N-ethyl adjacent to an activating group) is 2. The Morgan fingerprint density at radius 1 is 1.39 bits per heavy atom. The molecule has 2 unspecified atom stereocenters. The van der Waals surface area contributed by atoms with E-state index in [1.54, 1.807) is 4.68 Å². The van der Waals surface area contributed by atoms with Crippen molar-refractivity contribution < 1.29 is 5.11 Å². The van der Waals surface area contributed by atoms with E-state index in [-0.39, 0.29) is 6.10 Å². The topological polar surface area (TPSA) is 44.5 Å². The van der Waals surface area contributed by atoms with Crippen molar-refractivity contribution in [1.82, 2.24) is 19.6 Å². The molecule has 2 rings (SSSR count). The molecule has 0 bridgehead atoms. The van der Waals surface area contributed by atoms with E-state index in [0.717, 1.165) is 31.7 Å². The van der Waals surface area contributed by atoms with Crippen LogP contribution in [0, 0.1) is 0 Å². The van der Waals surface area contributed by atoms with Crippen LogP contribution < -0.4 is 0 Å². The normalized spacial score (nSPS) is 24.3. The SMILES string of the molecule is CN1CCN(C)C(CC(O)Cc2ccn(C)n2)C1. The van der Waals surface area contributed by atoms with Gasteiger partial charge >= 0.3 is 0 Å². The molecule has 0 aliphatic carbocycles. The van der Waals surface area contributed by atoms with Gasteiger partial charge in [0.25, 0.3) is 0 Å². The summed E-state index contributed by atoms with van der Waals surface area (Å²) in [5.74, 6) is 0. The van der Waals surface area contributed by atoms with Crippen molar-refractivity contribution >= 4 is 0 Å². The van der Waals surface area contributed by atoms with Crippen LogP contribution in [0.25, 0.3) is 0 Å². The Labute approximate surface area is 109 Å². The monoisotopic (exact) mass is 252 g/mol. The maximum absolute atomic E-state index is 10.2. The van der Waals surface area contributed by atoms with E-state index >= 15 is 0 Å². The lowest BCUT2D eigenvalue weighted by Crippen LogP contribution is -2.51. The fourth-order valence-corrected chi connectivity index (χ4v) is 2.57. The largest absolute Gasteiger partial charge is 0.393 e. The zero-order valence-corrected chi connectivity index (χ0v) is 11.6. The summed E-state index contributed by atoms with van der Waals surface area (Å²) < 4.78 is 1.78. The summed E-state index contributed by atoms with van der Waals surface area (Å²) in [5.41, 5.74) is 0.969. The van der Waals surface area contributed by atoms with Gasteiger partial charge in [-0.25, -0.2) is 0 Å². The number of aryl methyl sites for hydroxylation is 1. The van der Waals surface area contributed by atoms with Gasteiger partial charge in [0, 0.05) is 45.3 Å². The van der Waals surface area contributed by atoms with Crippen LogP contribution >= 0.6 is 0 Å². The van der Waals surface area contributed by atoms with Gasteiger partial charge in [0.1, 0.15) is 0 Å². The molecule has 5 heteroatoms. The number of nitrogens with zero attached hydrogens (tertiary/aromatic N) is 4. The van der Waals surface area contributed by atoms with Gasteiger partial charge in [0.15, 0.2) is 0 Å². The maximum atomic E-state index is 10.2. The summed E-state index contributed by atoms with van der Waals surface area (Å²) in [5, 5.41) is 14.5. The van der Waals surface area contributed by atoms with Crippen molar-refractivity contribution in [3.8, 4) is 0 Å². The quantitative estimate of drug-likeness (QED) is 0.817. The van der Waals surface area contributed by atoms with Crippen LogP contribution in [0.15, 0.2) is 12.3 Å². The van der Waals surface area contributed by atoms with Crippen molar-refractivity contribution in [2.45, 2.75) is 25.0 Å². The molecule has 1 fully saturated rings. The number of aliphatic hydroxyl groups excluding tert-OH is 1. The Morgan fingerprint density at radius 2 is 2.17 bits per heavy atom. The number of aliphatic hydroxyl groups is 1. The van der Waals surface area contributed by atoms with Gasteiger partial charge in [-0.2, -0.15) is 5.10 Å². The van der Waals surface area contributed by atoms with E-state index in [1.807, 2.05) is 19.3 Å². The third-order valence-corrected chi connectivity index (χ3v) is 3.74. The molecule has 18 heavy (non-hydrogen) atoms. The van der Waals surface area contributed by atoms with Crippen LogP contribution in [-0.2, 0) is 13.5 Å². The fraction of sp³-hybridized carbons (Fsp3) is 0.769. The molecule has 1 N–H and O–H groups in total. The Balaban J connectivity index is 1.84. The average Bonchev–Trinajstić information content (AvgIpc) is 2.69. The third kappa shape index (κ3) is 3.54. The Morgan fingerprint density at radius 3 is 2.83 bits per heavy atom. The molecule has 2 atom stereocenters. The van der Waals surface area contributed by atoms with Crippen molar-refractivity contribution in [2.24, 2.45) is 7.05 Å². The predicted molar refractivity (Wildman–Crippen MR) is 71.5 cm³/mol. The van der Waals surface area contributed by atoms with E-state index in [2.05, 4.69) is 29.0 Å². The molecule has 2 heterocycles. The summed E-state index contributed by atoms with van der Waals surface area (Å²) in [6, 6.07) is 2.42. The number of aromatic nitrogens is 2. The molecule has 5 nitrogen and oxygen atoms in total. The summed E-state index contributed by atoms with van der Waals surface area (Å²) in [6.07, 6.45) is 3.08. The van der Waals surface area contributed by atoms with E-state index < -0.39 is 0 Å². The highest BCUT2D eigenvalue weighted by Gasteiger charge is 2.24. The predicted octanol–water partition coefficient (Wildman–Crippen LogP) is -0.0406. The van der Waals surface area contributed by atoms with Crippen LogP contribution in [0.1, 0.15) is 12.1 Å². The highest BCUT2D eigenvalue weighted by molar-refractivity contribution is 5.00. The third-order valence-electron chi connectivity index (χ3n) is 3.74. The summed E-state index contributed by atoms with van der Waals surface area (Å²) in [4.78, 5) is 4.68. The average molecular weight is 252 g/mol. The van der Waals surface area contributed by atoms with Crippen molar-refractivity contribution in [3.63, 3.8) is 0 Å². The number of hydrogen-bond donors (Lipinski definition) is 1. The van der Waals surface area contributed by atoms with Crippen LogP contribution in [0.5, 0.6) is 0 Å². The first kappa shape index (κ1) is 13.5. The second-order valence-corrected chi connectivity index (χ2v) is 5.47. The van der Waals surface area contributed by atoms with Crippen LogP contribution in [-0.4, -0.2) is 70.6 Å². The molecule has 0 amide bonds. The molecular formula is C13H24N4O. The lowest BCUT2D eigenvalue weighted by molar-refractivity contribution is 0.0635. The van der Waals surface area contributed by atoms with Crippen molar-refractivity contribution in [3.05, 3.63) is 18.0 Å². The second-order valence-electron chi connectivity index (χ2n) is 5.47. The standard InChI is InChI=1S/C13H24N4O/c1-15-6-7-16(2)12(10-15)9-13(18)8-11-4-5-17(3)14-11/h4-5,12-13,18H,6-10H2,1-3H3. The number of piperazine rings is 1. The van der Waals surface area contributed by atoms with Gasteiger partial charge in [-0.1, -0.05) is 0 Å². The molecular weight excluding hydrogens is 228 g/mol. The van der Waals surface area contributed by atoms with Gasteiger partial charge in [0.2, 0.25) is 0 Å². The number of hydrogen-bond acceptors (Lipinski definition) is 4. The summed E-state index contributed by atoms with van der Waals surface area (Å²) >= 11 is 0. The fourth-order valence-electron chi connectivity index (χ4n) is 2.57. The summed E-state index contributed by atoms with van der Waals surface area (Å²) in [6.45, 7) is 3.23. The van der Waals surface area contributed by atoms with Gasteiger partial charge in [0.05, 0.1) is 11.8 Å². The zero-order chi connectivity index (χ0) is 13.1. The van der Waals surface area contributed by atoms with Crippen molar-refractivity contribution in [2.75, 3.05) is 33.7 Å². The lowest BCUT2D eigenvalue weighted by Gasteiger charge is -2.38. The highest BCUT2D eigenvalue weighted by atomic mass is 16.3. The molecule has 1 aromatic rings. The van der Waals surface area contributed by atoms with Gasteiger partial charge < -0.3 is 14.9 Å². The minimum absolute atomic E-state index is 0.307. The van der Waals surface area contributed by atoms with Gasteiger partial charge in [-0.3, -0.25) is 4.68 Å². The Hall–Kier alpha value is -0.910. The minimum atomic E-state index is -0.307. The summed E-state index contributed by atoms with van der Waals surface area (Å²) in [7, 11) is 6.19. The smallest absolute Gasteiger partial charge is 0.0650 e. The lowest BCUT2D eigenvalue weighted by atomic mass is 10.0. The number of rotatable bonds is 4. The van der Waals surface area contributed by atoms with Gasteiger partial charge in [-0.15, -0.1) is 0 Å². The molecule has 0 aromatic carbocycles. The van der Waals surface area contributed by atoms with Gasteiger partial charge in [-0.05, 0) is 26.6 Å². The maximum Gasteiger partial charge on any atom is 0.0650 e. The first-order chi connectivity index (χ1) is 8.54. The molecule has 1 aliphatic heterocycles. The second kappa shape index (κ2) is 5.82. The highest BCUT2D eigenvalue weighted by Crippen LogP contribution is 2.14. The molecule has 1 aliphatic rings. The van der Waals surface area contributed by atoms with Crippen molar-refractivity contribution in [1.29, 1.82) is 0 Å².